The summed E-state index contributed by atoms with van der Waals surface area (Å²) < 4.78 is 0. The Morgan fingerprint density at radius 2 is 2.25 bits per heavy atom. The summed E-state index contributed by atoms with van der Waals surface area (Å²) in [4.78, 5) is 0. The molecule has 68 valence electrons. The smallest absolute Gasteiger partial charge is 0.0885 e. The van der Waals surface area contributed by atoms with Crippen LogP contribution in [-0.4, -0.2) is 22.0 Å². The van der Waals surface area contributed by atoms with E-state index in [1.54, 1.807) is 0 Å². The molecule has 1 atom stereocenters. The van der Waals surface area contributed by atoms with E-state index in [2.05, 4.69) is 29.3 Å². The molecule has 0 aliphatic rings. The average Bonchev–Trinajstić information content (AvgIpc) is 2.51. The molecule has 0 aromatic carbocycles. The lowest BCUT2D eigenvalue weighted by Crippen LogP contribution is -2.06. The van der Waals surface area contributed by atoms with Crippen molar-refractivity contribution in [2.75, 3.05) is 6.54 Å². The Labute approximate surface area is 72.5 Å². The zero-order valence-corrected chi connectivity index (χ0v) is 7.67. The standard InChI is InChI=1S/C8H16N4/c1-3-7-8(11-12-10-7)6(2)4-5-9/h6H,3-5,9H2,1-2H3,(H,10,11,12). The van der Waals surface area contributed by atoms with E-state index in [-0.39, 0.29) is 0 Å². The topological polar surface area (TPSA) is 67.6 Å². The Hall–Kier alpha value is -0.900. The Balaban J connectivity index is 2.71. The van der Waals surface area contributed by atoms with Crippen LogP contribution in [0.4, 0.5) is 0 Å². The van der Waals surface area contributed by atoms with Gasteiger partial charge in [-0.3, -0.25) is 0 Å². The predicted octanol–water partition coefficient (Wildman–Crippen LogP) is 0.819. The van der Waals surface area contributed by atoms with Gasteiger partial charge in [-0.1, -0.05) is 13.8 Å². The predicted molar refractivity (Wildman–Crippen MR) is 47.8 cm³/mol. The number of rotatable bonds is 4. The molecule has 12 heavy (non-hydrogen) atoms. The summed E-state index contributed by atoms with van der Waals surface area (Å²) in [5.74, 6) is 0.420. The number of H-pyrrole nitrogens is 1. The lowest BCUT2D eigenvalue weighted by atomic mass is 10.0. The fraction of sp³-hybridized carbons (Fsp3) is 0.750. The molecule has 1 unspecified atom stereocenters. The third-order valence-corrected chi connectivity index (χ3v) is 2.05. The maximum Gasteiger partial charge on any atom is 0.0885 e. The molecule has 4 nitrogen and oxygen atoms in total. The van der Waals surface area contributed by atoms with E-state index in [4.69, 9.17) is 5.73 Å². The number of nitrogens with zero attached hydrogens (tertiary/aromatic N) is 2. The number of aromatic nitrogens is 3. The van der Waals surface area contributed by atoms with Gasteiger partial charge in [0, 0.05) is 5.92 Å². The molecule has 0 saturated heterocycles. The lowest BCUT2D eigenvalue weighted by Gasteiger charge is -2.06. The van der Waals surface area contributed by atoms with Gasteiger partial charge in [0.05, 0.1) is 11.4 Å². The van der Waals surface area contributed by atoms with Crippen LogP contribution in [0, 0.1) is 0 Å². The maximum absolute atomic E-state index is 5.47. The molecule has 0 aliphatic heterocycles. The first kappa shape index (κ1) is 9.19. The molecule has 1 heterocycles. The van der Waals surface area contributed by atoms with Gasteiger partial charge < -0.3 is 5.73 Å². The van der Waals surface area contributed by atoms with Crippen LogP contribution >= 0.6 is 0 Å². The third kappa shape index (κ3) is 1.82. The summed E-state index contributed by atoms with van der Waals surface area (Å²) in [7, 11) is 0. The van der Waals surface area contributed by atoms with Crippen molar-refractivity contribution in [3.05, 3.63) is 11.4 Å². The van der Waals surface area contributed by atoms with Crippen LogP contribution in [0.3, 0.4) is 0 Å². The molecule has 0 saturated carbocycles. The molecule has 1 aromatic rings. The molecular formula is C8H16N4. The second kappa shape index (κ2) is 4.21. The van der Waals surface area contributed by atoms with Gasteiger partial charge in [0.1, 0.15) is 0 Å². The van der Waals surface area contributed by atoms with Crippen molar-refractivity contribution in [3.8, 4) is 0 Å². The lowest BCUT2D eigenvalue weighted by molar-refractivity contribution is 0.661. The van der Waals surface area contributed by atoms with E-state index in [0.29, 0.717) is 12.5 Å². The minimum absolute atomic E-state index is 0.420. The van der Waals surface area contributed by atoms with Crippen LogP contribution in [0.2, 0.25) is 0 Å². The molecule has 0 aliphatic carbocycles. The van der Waals surface area contributed by atoms with E-state index in [1.807, 2.05) is 0 Å². The summed E-state index contributed by atoms with van der Waals surface area (Å²) in [5, 5.41) is 10.8. The molecule has 0 amide bonds. The number of hydrogen-bond acceptors (Lipinski definition) is 3. The first-order valence-electron chi connectivity index (χ1n) is 4.39. The van der Waals surface area contributed by atoms with Crippen LogP contribution in [-0.2, 0) is 6.42 Å². The highest BCUT2D eigenvalue weighted by atomic mass is 15.3. The normalized spacial score (nSPS) is 13.2. The first-order valence-corrected chi connectivity index (χ1v) is 4.39. The van der Waals surface area contributed by atoms with E-state index >= 15 is 0 Å². The maximum atomic E-state index is 5.47. The van der Waals surface area contributed by atoms with Gasteiger partial charge in [0.2, 0.25) is 0 Å². The Bertz CT molecular complexity index is 231. The van der Waals surface area contributed by atoms with Crippen molar-refractivity contribution < 1.29 is 0 Å². The zero-order chi connectivity index (χ0) is 8.97. The molecule has 1 rings (SSSR count). The molecule has 0 bridgehead atoms. The van der Waals surface area contributed by atoms with Gasteiger partial charge in [0.15, 0.2) is 0 Å². The van der Waals surface area contributed by atoms with Gasteiger partial charge >= 0.3 is 0 Å². The molecule has 0 fully saturated rings. The van der Waals surface area contributed by atoms with Crippen molar-refractivity contribution >= 4 is 0 Å². The first-order chi connectivity index (χ1) is 5.79. The fourth-order valence-corrected chi connectivity index (χ4v) is 1.30. The van der Waals surface area contributed by atoms with Crippen LogP contribution in [0.1, 0.15) is 37.6 Å². The van der Waals surface area contributed by atoms with E-state index in [1.165, 1.54) is 0 Å². The summed E-state index contributed by atoms with van der Waals surface area (Å²) in [6, 6.07) is 0. The highest BCUT2D eigenvalue weighted by Crippen LogP contribution is 2.18. The highest BCUT2D eigenvalue weighted by Gasteiger charge is 2.12. The van der Waals surface area contributed by atoms with Crippen molar-refractivity contribution in [1.82, 2.24) is 15.4 Å². The Morgan fingerprint density at radius 1 is 1.50 bits per heavy atom. The number of hydrogen-bond donors (Lipinski definition) is 2. The Morgan fingerprint density at radius 3 is 2.83 bits per heavy atom. The number of aryl methyl sites for hydroxylation is 1. The molecule has 3 N–H and O–H groups in total. The van der Waals surface area contributed by atoms with Crippen molar-refractivity contribution in [2.24, 2.45) is 5.73 Å². The minimum atomic E-state index is 0.420. The van der Waals surface area contributed by atoms with Gasteiger partial charge in [0.25, 0.3) is 0 Å². The second-order valence-corrected chi connectivity index (χ2v) is 2.99. The summed E-state index contributed by atoms with van der Waals surface area (Å²) in [6.45, 7) is 4.91. The van der Waals surface area contributed by atoms with E-state index < -0.39 is 0 Å². The molecule has 0 spiro atoms. The number of nitrogens with one attached hydrogen (secondary N) is 1. The van der Waals surface area contributed by atoms with Gasteiger partial charge in [-0.05, 0) is 19.4 Å². The summed E-state index contributed by atoms with van der Waals surface area (Å²) >= 11 is 0. The van der Waals surface area contributed by atoms with Crippen LogP contribution in [0.25, 0.3) is 0 Å². The van der Waals surface area contributed by atoms with Gasteiger partial charge in [-0.2, -0.15) is 15.4 Å². The van der Waals surface area contributed by atoms with Gasteiger partial charge in [-0.25, -0.2) is 0 Å². The summed E-state index contributed by atoms with van der Waals surface area (Å²) in [5.41, 5.74) is 7.61. The number of nitrogens with two attached hydrogens (primary N) is 1. The second-order valence-electron chi connectivity index (χ2n) is 2.99. The molecule has 4 heteroatoms. The van der Waals surface area contributed by atoms with Crippen LogP contribution in [0.15, 0.2) is 0 Å². The quantitative estimate of drug-likeness (QED) is 0.699. The average molecular weight is 168 g/mol. The SMILES string of the molecule is CCc1n[nH]nc1C(C)CCN. The van der Waals surface area contributed by atoms with Crippen LogP contribution < -0.4 is 5.73 Å². The van der Waals surface area contributed by atoms with Crippen molar-refractivity contribution in [3.63, 3.8) is 0 Å². The van der Waals surface area contributed by atoms with Crippen molar-refractivity contribution in [2.45, 2.75) is 32.6 Å². The summed E-state index contributed by atoms with van der Waals surface area (Å²) in [6.07, 6.45) is 1.90. The minimum Gasteiger partial charge on any atom is -0.330 e. The monoisotopic (exact) mass is 168 g/mol. The van der Waals surface area contributed by atoms with E-state index in [9.17, 15) is 0 Å². The van der Waals surface area contributed by atoms with Crippen LogP contribution in [0.5, 0.6) is 0 Å². The molecular weight excluding hydrogens is 152 g/mol. The highest BCUT2D eigenvalue weighted by molar-refractivity contribution is 5.12. The molecule has 0 radical (unpaired) electrons. The largest absolute Gasteiger partial charge is 0.330 e. The van der Waals surface area contributed by atoms with Crippen molar-refractivity contribution in [1.29, 1.82) is 0 Å². The van der Waals surface area contributed by atoms with Gasteiger partial charge in [-0.15, -0.1) is 0 Å². The Kier molecular flexibility index (Phi) is 3.22. The van der Waals surface area contributed by atoms with E-state index in [0.717, 1.165) is 24.2 Å². The number of aromatic amines is 1. The zero-order valence-electron chi connectivity index (χ0n) is 7.67. The third-order valence-electron chi connectivity index (χ3n) is 2.05. The molecule has 1 aromatic heterocycles. The fourth-order valence-electron chi connectivity index (χ4n) is 1.30.